The Morgan fingerprint density at radius 1 is 1.19 bits per heavy atom. The van der Waals surface area contributed by atoms with Gasteiger partial charge in [0.25, 0.3) is 0 Å². The van der Waals surface area contributed by atoms with Crippen molar-refractivity contribution in [2.45, 2.75) is 24.5 Å². The highest BCUT2D eigenvalue weighted by molar-refractivity contribution is 5.41. The molecule has 0 radical (unpaired) electrons. The molecule has 0 aliphatic carbocycles. The molecule has 5 nitrogen and oxygen atoms in total. The lowest BCUT2D eigenvalue weighted by Crippen LogP contribution is -2.37. The molecule has 1 aromatic carbocycles. The molecule has 0 saturated carbocycles. The predicted molar refractivity (Wildman–Crippen MR) is 78.6 cm³/mol. The summed E-state index contributed by atoms with van der Waals surface area (Å²) >= 11 is 0. The SMILES string of the molecule is COc1ccc(C2(CO)CCOCC2)cc1C(OC)OC. The van der Waals surface area contributed by atoms with E-state index in [-0.39, 0.29) is 12.0 Å². The molecule has 1 aromatic rings. The molecule has 118 valence electrons. The maximum Gasteiger partial charge on any atom is 0.186 e. The first-order chi connectivity index (χ1) is 10.2. The molecule has 1 fully saturated rings. The summed E-state index contributed by atoms with van der Waals surface area (Å²) in [4.78, 5) is 0. The molecule has 1 saturated heterocycles. The maximum absolute atomic E-state index is 9.92. The van der Waals surface area contributed by atoms with E-state index in [9.17, 15) is 5.11 Å². The third kappa shape index (κ3) is 3.21. The highest BCUT2D eigenvalue weighted by atomic mass is 16.7. The highest BCUT2D eigenvalue weighted by Gasteiger charge is 2.34. The van der Waals surface area contributed by atoms with Crippen LogP contribution in [0.4, 0.5) is 0 Å². The Labute approximate surface area is 125 Å². The van der Waals surface area contributed by atoms with E-state index in [1.807, 2.05) is 18.2 Å². The standard InChI is InChI=1S/C16H24O5/c1-18-14-5-4-12(10-13(14)15(19-2)20-3)16(11-17)6-8-21-9-7-16/h4-5,10,15,17H,6-9,11H2,1-3H3. The van der Waals surface area contributed by atoms with Crippen molar-refractivity contribution < 1.29 is 24.1 Å². The van der Waals surface area contributed by atoms with Crippen molar-refractivity contribution in [3.05, 3.63) is 29.3 Å². The topological polar surface area (TPSA) is 57.2 Å². The predicted octanol–water partition coefficient (Wildman–Crippen LogP) is 2.03. The molecule has 1 aliphatic rings. The Balaban J connectivity index is 2.42. The minimum atomic E-state index is -0.490. The lowest BCUT2D eigenvalue weighted by Gasteiger charge is -2.36. The third-order valence-electron chi connectivity index (χ3n) is 4.28. The number of aliphatic hydroxyl groups excluding tert-OH is 1. The van der Waals surface area contributed by atoms with Gasteiger partial charge in [0.05, 0.1) is 13.7 Å². The number of hydrogen-bond acceptors (Lipinski definition) is 5. The first-order valence-electron chi connectivity index (χ1n) is 7.13. The van der Waals surface area contributed by atoms with Crippen LogP contribution >= 0.6 is 0 Å². The van der Waals surface area contributed by atoms with E-state index in [1.54, 1.807) is 21.3 Å². The number of ether oxygens (including phenoxy) is 4. The Morgan fingerprint density at radius 2 is 1.86 bits per heavy atom. The monoisotopic (exact) mass is 296 g/mol. The molecule has 0 aromatic heterocycles. The molecule has 1 N–H and O–H groups in total. The molecule has 1 aliphatic heterocycles. The molecule has 1 heterocycles. The molecule has 0 atom stereocenters. The molecule has 21 heavy (non-hydrogen) atoms. The quantitative estimate of drug-likeness (QED) is 0.814. The second-order valence-electron chi connectivity index (χ2n) is 5.31. The van der Waals surface area contributed by atoms with Crippen LogP contribution in [-0.2, 0) is 19.6 Å². The van der Waals surface area contributed by atoms with Gasteiger partial charge in [-0.25, -0.2) is 0 Å². The number of methoxy groups -OCH3 is 3. The third-order valence-corrected chi connectivity index (χ3v) is 4.28. The van der Waals surface area contributed by atoms with Gasteiger partial charge in [-0.1, -0.05) is 6.07 Å². The van der Waals surface area contributed by atoms with Gasteiger partial charge in [-0.3, -0.25) is 0 Å². The van der Waals surface area contributed by atoms with Crippen molar-refractivity contribution in [3.63, 3.8) is 0 Å². The lowest BCUT2D eigenvalue weighted by atomic mass is 9.74. The smallest absolute Gasteiger partial charge is 0.186 e. The Bertz CT molecular complexity index is 450. The van der Waals surface area contributed by atoms with Crippen LogP contribution in [0.15, 0.2) is 18.2 Å². The van der Waals surface area contributed by atoms with Crippen molar-refractivity contribution in [1.29, 1.82) is 0 Å². The minimum absolute atomic E-state index is 0.104. The van der Waals surface area contributed by atoms with E-state index in [1.165, 1.54) is 0 Å². The zero-order chi connectivity index (χ0) is 15.3. The van der Waals surface area contributed by atoms with Crippen molar-refractivity contribution in [2.24, 2.45) is 0 Å². The van der Waals surface area contributed by atoms with Crippen LogP contribution in [0.1, 0.15) is 30.3 Å². The maximum atomic E-state index is 9.92. The molecule has 0 bridgehead atoms. The summed E-state index contributed by atoms with van der Waals surface area (Å²) in [5, 5.41) is 9.92. The van der Waals surface area contributed by atoms with Crippen molar-refractivity contribution in [1.82, 2.24) is 0 Å². The van der Waals surface area contributed by atoms with Gasteiger partial charge in [-0.05, 0) is 30.5 Å². The van der Waals surface area contributed by atoms with Crippen molar-refractivity contribution >= 4 is 0 Å². The van der Waals surface area contributed by atoms with E-state index < -0.39 is 6.29 Å². The summed E-state index contributed by atoms with van der Waals surface area (Å²) in [6, 6.07) is 5.92. The lowest BCUT2D eigenvalue weighted by molar-refractivity contribution is -0.107. The van der Waals surface area contributed by atoms with Crippen LogP contribution < -0.4 is 4.74 Å². The average Bonchev–Trinajstić information content (AvgIpc) is 2.56. The summed E-state index contributed by atoms with van der Waals surface area (Å²) in [5.41, 5.74) is 1.65. The van der Waals surface area contributed by atoms with E-state index in [4.69, 9.17) is 18.9 Å². The number of rotatable bonds is 6. The zero-order valence-corrected chi connectivity index (χ0v) is 12.9. The number of aliphatic hydroxyl groups is 1. The van der Waals surface area contributed by atoms with Gasteiger partial charge in [-0.2, -0.15) is 0 Å². The molecule has 2 rings (SSSR count). The van der Waals surface area contributed by atoms with Gasteiger partial charge >= 0.3 is 0 Å². The molecule has 5 heteroatoms. The summed E-state index contributed by atoms with van der Waals surface area (Å²) in [6.07, 6.45) is 1.12. The molecule has 0 amide bonds. The Hall–Kier alpha value is -1.14. The van der Waals surface area contributed by atoms with E-state index in [2.05, 4.69) is 0 Å². The fourth-order valence-corrected chi connectivity index (χ4v) is 2.90. The summed E-state index contributed by atoms with van der Waals surface area (Å²) in [5.74, 6) is 0.715. The minimum Gasteiger partial charge on any atom is -0.496 e. The molecular weight excluding hydrogens is 272 g/mol. The molecule has 0 unspecified atom stereocenters. The largest absolute Gasteiger partial charge is 0.496 e. The normalized spacial score (nSPS) is 18.0. The Morgan fingerprint density at radius 3 is 2.38 bits per heavy atom. The van der Waals surface area contributed by atoms with Gasteiger partial charge in [0.1, 0.15) is 5.75 Å². The van der Waals surface area contributed by atoms with Gasteiger partial charge in [0.15, 0.2) is 6.29 Å². The van der Waals surface area contributed by atoms with Crippen LogP contribution in [0.5, 0.6) is 5.75 Å². The van der Waals surface area contributed by atoms with E-state index in [0.717, 1.165) is 24.0 Å². The fourth-order valence-electron chi connectivity index (χ4n) is 2.90. The Kier molecular flexibility index (Phi) is 5.58. The van der Waals surface area contributed by atoms with Crippen LogP contribution in [0.25, 0.3) is 0 Å². The summed E-state index contributed by atoms with van der Waals surface area (Å²) in [7, 11) is 4.81. The first kappa shape index (κ1) is 16.2. The fraction of sp³-hybridized carbons (Fsp3) is 0.625. The number of hydrogen-bond donors (Lipinski definition) is 1. The van der Waals surface area contributed by atoms with Crippen molar-refractivity contribution in [2.75, 3.05) is 41.2 Å². The van der Waals surface area contributed by atoms with Crippen LogP contribution in [0.3, 0.4) is 0 Å². The van der Waals surface area contributed by atoms with Gasteiger partial charge in [0.2, 0.25) is 0 Å². The second kappa shape index (κ2) is 7.22. The molecule has 0 spiro atoms. The van der Waals surface area contributed by atoms with Crippen LogP contribution in [0.2, 0.25) is 0 Å². The first-order valence-corrected chi connectivity index (χ1v) is 7.13. The average molecular weight is 296 g/mol. The zero-order valence-electron chi connectivity index (χ0n) is 12.9. The van der Waals surface area contributed by atoms with Gasteiger partial charge in [0, 0.05) is 38.4 Å². The van der Waals surface area contributed by atoms with Crippen LogP contribution in [-0.4, -0.2) is 46.3 Å². The second-order valence-corrected chi connectivity index (χ2v) is 5.31. The van der Waals surface area contributed by atoms with Crippen LogP contribution in [0, 0.1) is 0 Å². The highest BCUT2D eigenvalue weighted by Crippen LogP contribution is 2.38. The van der Waals surface area contributed by atoms with Crippen molar-refractivity contribution in [3.8, 4) is 5.75 Å². The number of benzene rings is 1. The van der Waals surface area contributed by atoms with E-state index in [0.29, 0.717) is 19.0 Å². The summed E-state index contributed by atoms with van der Waals surface area (Å²) < 4.78 is 21.5. The summed E-state index contributed by atoms with van der Waals surface area (Å²) in [6.45, 7) is 1.44. The van der Waals surface area contributed by atoms with E-state index >= 15 is 0 Å². The molecular formula is C16H24O5. The van der Waals surface area contributed by atoms with Gasteiger partial charge in [-0.15, -0.1) is 0 Å². The van der Waals surface area contributed by atoms with Gasteiger partial charge < -0.3 is 24.1 Å².